The Morgan fingerprint density at radius 3 is 2.86 bits per heavy atom. The van der Waals surface area contributed by atoms with Crippen molar-refractivity contribution in [1.82, 2.24) is 14.9 Å². The zero-order valence-corrected chi connectivity index (χ0v) is 19.4. The predicted molar refractivity (Wildman–Crippen MR) is 125 cm³/mol. The van der Waals surface area contributed by atoms with Gasteiger partial charge in [0.25, 0.3) is 5.56 Å². The van der Waals surface area contributed by atoms with Crippen molar-refractivity contribution in [2.24, 2.45) is 5.73 Å². The Hall–Kier alpha value is -3.63. The second-order valence-corrected chi connectivity index (χ2v) is 9.11. The summed E-state index contributed by atoms with van der Waals surface area (Å²) in [6, 6.07) is 4.58. The van der Waals surface area contributed by atoms with Gasteiger partial charge in [0.15, 0.2) is 6.10 Å². The molecule has 0 radical (unpaired) electrons. The zero-order valence-electron chi connectivity index (χ0n) is 19.4. The fraction of sp³-hybridized carbons (Fsp3) is 0.360. The number of hydrogen-bond donors (Lipinski definition) is 3. The number of hydrogen-bond acceptors (Lipinski definition) is 7. The monoisotopic (exact) mass is 480 g/mol. The van der Waals surface area contributed by atoms with Gasteiger partial charge < -0.3 is 25.5 Å². The molecule has 2 aromatic heterocycles. The van der Waals surface area contributed by atoms with Gasteiger partial charge in [0, 0.05) is 28.6 Å². The molecule has 2 aliphatic rings. The molecular formula is C25H25FN4O5. The molecule has 9 nitrogen and oxygen atoms in total. The van der Waals surface area contributed by atoms with E-state index < -0.39 is 17.9 Å². The minimum absolute atomic E-state index is 0.0998. The molecule has 182 valence electrons. The summed E-state index contributed by atoms with van der Waals surface area (Å²) in [5, 5.41) is 14.0. The molecule has 0 unspecified atom stereocenters. The van der Waals surface area contributed by atoms with Gasteiger partial charge in [-0.1, -0.05) is 0 Å². The quantitative estimate of drug-likeness (QED) is 0.367. The number of amides is 1. The standard InChI is InChI=1S/C25H25FN4O5/c1-11-5-14-13(4-3-12(2)28-21(31)8-27)16-9-30-20(22(16)29-19(14)7-18(11)26)6-15-17(24(30)33)10-35-25(34)23(15)32/h5-7,12,23,32H,3-4,8-10,27H2,1-2H3,(H,28,31)/t12-,23-/m0/s1. The Morgan fingerprint density at radius 2 is 2.11 bits per heavy atom. The lowest BCUT2D eigenvalue weighted by molar-refractivity contribution is -0.157. The summed E-state index contributed by atoms with van der Waals surface area (Å²) < 4.78 is 21.0. The normalized spacial score (nSPS) is 16.9. The molecule has 35 heavy (non-hydrogen) atoms. The van der Waals surface area contributed by atoms with Gasteiger partial charge in [0.1, 0.15) is 12.4 Å². The van der Waals surface area contributed by atoms with E-state index in [1.807, 2.05) is 6.92 Å². The largest absolute Gasteiger partial charge is 0.458 e. The molecule has 1 aromatic carbocycles. The van der Waals surface area contributed by atoms with E-state index in [1.165, 1.54) is 6.07 Å². The average molecular weight is 480 g/mol. The maximum atomic E-state index is 14.5. The molecule has 2 atom stereocenters. The molecule has 5 rings (SSSR count). The van der Waals surface area contributed by atoms with E-state index in [0.717, 1.165) is 16.5 Å². The van der Waals surface area contributed by atoms with Crippen molar-refractivity contribution in [2.45, 2.75) is 52.0 Å². The summed E-state index contributed by atoms with van der Waals surface area (Å²) in [5.41, 5.74) is 9.13. The zero-order chi connectivity index (χ0) is 25.0. The van der Waals surface area contributed by atoms with E-state index in [2.05, 4.69) is 5.32 Å². The van der Waals surface area contributed by atoms with Gasteiger partial charge in [0.05, 0.1) is 35.6 Å². The highest BCUT2D eigenvalue weighted by molar-refractivity contribution is 5.89. The van der Waals surface area contributed by atoms with Crippen LogP contribution in [0.3, 0.4) is 0 Å². The van der Waals surface area contributed by atoms with E-state index in [-0.39, 0.29) is 48.3 Å². The Bertz CT molecular complexity index is 1460. The topological polar surface area (TPSA) is 137 Å². The van der Waals surface area contributed by atoms with Crippen LogP contribution in [0.1, 0.15) is 47.3 Å². The van der Waals surface area contributed by atoms with Crippen LogP contribution in [-0.2, 0) is 33.9 Å². The van der Waals surface area contributed by atoms with Crippen LogP contribution in [0.5, 0.6) is 0 Å². The number of pyridine rings is 2. The summed E-state index contributed by atoms with van der Waals surface area (Å²) in [4.78, 5) is 41.6. The number of nitrogens with zero attached hydrogens (tertiary/aromatic N) is 2. The molecule has 0 spiro atoms. The summed E-state index contributed by atoms with van der Waals surface area (Å²) in [6.45, 7) is 3.51. The van der Waals surface area contributed by atoms with Gasteiger partial charge in [0.2, 0.25) is 5.91 Å². The van der Waals surface area contributed by atoms with Crippen LogP contribution in [0, 0.1) is 12.7 Å². The number of aliphatic hydroxyl groups is 1. The number of benzene rings is 1. The first kappa shape index (κ1) is 23.1. The second kappa shape index (κ2) is 8.54. The lowest BCUT2D eigenvalue weighted by atomic mass is 9.94. The number of carbonyl (C=O) groups excluding carboxylic acids is 2. The van der Waals surface area contributed by atoms with E-state index in [1.54, 1.807) is 23.6 Å². The molecule has 4 heterocycles. The van der Waals surface area contributed by atoms with E-state index in [4.69, 9.17) is 15.5 Å². The molecule has 0 saturated heterocycles. The number of nitrogens with one attached hydrogen (secondary N) is 1. The minimum atomic E-state index is -1.55. The Kier molecular flexibility index (Phi) is 5.65. The first-order chi connectivity index (χ1) is 16.7. The third-order valence-electron chi connectivity index (χ3n) is 6.77. The van der Waals surface area contributed by atoms with Crippen LogP contribution in [0.25, 0.3) is 22.3 Å². The summed E-state index contributed by atoms with van der Waals surface area (Å²) in [5.74, 6) is -1.45. The Labute approximate surface area is 199 Å². The second-order valence-electron chi connectivity index (χ2n) is 9.11. The van der Waals surface area contributed by atoms with Gasteiger partial charge in [-0.05, 0) is 49.9 Å². The fourth-order valence-electron chi connectivity index (χ4n) is 4.89. The van der Waals surface area contributed by atoms with Gasteiger partial charge in [-0.15, -0.1) is 0 Å². The van der Waals surface area contributed by atoms with E-state index in [0.29, 0.717) is 35.3 Å². The number of aromatic nitrogens is 2. The van der Waals surface area contributed by atoms with Crippen molar-refractivity contribution in [1.29, 1.82) is 0 Å². The Morgan fingerprint density at radius 1 is 1.34 bits per heavy atom. The van der Waals surface area contributed by atoms with Crippen LogP contribution in [0.15, 0.2) is 23.0 Å². The maximum Gasteiger partial charge on any atom is 0.340 e. The van der Waals surface area contributed by atoms with Crippen molar-refractivity contribution in [3.63, 3.8) is 0 Å². The number of rotatable bonds is 5. The summed E-state index contributed by atoms with van der Waals surface area (Å²) in [7, 11) is 0. The minimum Gasteiger partial charge on any atom is -0.458 e. The number of fused-ring (bicyclic) bond motifs is 5. The Balaban J connectivity index is 1.66. The van der Waals surface area contributed by atoms with Gasteiger partial charge in [-0.25, -0.2) is 14.2 Å². The molecule has 0 saturated carbocycles. The molecule has 3 aromatic rings. The van der Waals surface area contributed by atoms with Crippen LogP contribution in [0.4, 0.5) is 4.39 Å². The number of esters is 1. The molecule has 4 N–H and O–H groups in total. The number of aliphatic hydroxyl groups excluding tert-OH is 1. The molecule has 0 aliphatic carbocycles. The van der Waals surface area contributed by atoms with Crippen LogP contribution < -0.4 is 16.6 Å². The molecular weight excluding hydrogens is 455 g/mol. The van der Waals surface area contributed by atoms with Crippen LogP contribution in [-0.4, -0.2) is 39.1 Å². The number of carbonyl (C=O) groups is 2. The highest BCUT2D eigenvalue weighted by Crippen LogP contribution is 2.38. The average Bonchev–Trinajstić information content (AvgIpc) is 3.19. The summed E-state index contributed by atoms with van der Waals surface area (Å²) in [6.07, 6.45) is -0.407. The molecule has 10 heteroatoms. The smallest absolute Gasteiger partial charge is 0.340 e. The highest BCUT2D eigenvalue weighted by Gasteiger charge is 2.34. The number of aryl methyl sites for hydroxylation is 2. The van der Waals surface area contributed by atoms with Crippen molar-refractivity contribution in [2.75, 3.05) is 6.54 Å². The van der Waals surface area contributed by atoms with Crippen molar-refractivity contribution >= 4 is 22.8 Å². The van der Waals surface area contributed by atoms with Gasteiger partial charge in [-0.2, -0.15) is 0 Å². The van der Waals surface area contributed by atoms with Crippen LogP contribution >= 0.6 is 0 Å². The first-order valence-corrected chi connectivity index (χ1v) is 11.4. The lowest BCUT2D eigenvalue weighted by Crippen LogP contribution is -2.37. The van der Waals surface area contributed by atoms with Crippen LogP contribution in [0.2, 0.25) is 0 Å². The molecule has 2 aliphatic heterocycles. The van der Waals surface area contributed by atoms with Crippen molar-refractivity contribution in [3.05, 3.63) is 62.2 Å². The third-order valence-corrected chi connectivity index (χ3v) is 6.77. The number of halogens is 1. The number of nitrogens with two attached hydrogens (primary N) is 1. The summed E-state index contributed by atoms with van der Waals surface area (Å²) >= 11 is 0. The molecule has 0 bridgehead atoms. The van der Waals surface area contributed by atoms with E-state index in [9.17, 15) is 23.9 Å². The lowest BCUT2D eigenvalue weighted by Gasteiger charge is -2.21. The molecule has 0 fully saturated rings. The molecule has 1 amide bonds. The fourth-order valence-corrected chi connectivity index (χ4v) is 4.89. The predicted octanol–water partition coefficient (Wildman–Crippen LogP) is 1.36. The van der Waals surface area contributed by atoms with Gasteiger partial charge >= 0.3 is 5.97 Å². The highest BCUT2D eigenvalue weighted by atomic mass is 19.1. The van der Waals surface area contributed by atoms with Gasteiger partial charge in [-0.3, -0.25) is 9.59 Å². The number of ether oxygens (including phenoxy) is 1. The maximum absolute atomic E-state index is 14.5. The van der Waals surface area contributed by atoms with Crippen molar-refractivity contribution < 1.29 is 23.8 Å². The third kappa shape index (κ3) is 3.78. The number of cyclic esters (lactones) is 1. The first-order valence-electron chi connectivity index (χ1n) is 11.4. The SMILES string of the molecule is Cc1cc2c(CC[C@H](C)NC(=O)CN)c3c(nc2cc1F)-c1cc2c(c(=O)n1C3)COC(=O)[C@H]2O. The van der Waals surface area contributed by atoms with Crippen molar-refractivity contribution in [3.8, 4) is 11.4 Å². The van der Waals surface area contributed by atoms with E-state index >= 15 is 0 Å².